The maximum Gasteiger partial charge on any atom is 0.326 e. The summed E-state index contributed by atoms with van der Waals surface area (Å²) in [5, 5.41) is 14.2. The number of amides is 2. The van der Waals surface area contributed by atoms with Crippen molar-refractivity contribution in [2.45, 2.75) is 18.9 Å². The Balaban J connectivity index is 1.80. The van der Waals surface area contributed by atoms with Crippen LogP contribution in [0.4, 0.5) is 0 Å². The van der Waals surface area contributed by atoms with Crippen molar-refractivity contribution >= 4 is 17.8 Å². The monoisotopic (exact) mass is 370 g/mol. The highest BCUT2D eigenvalue weighted by Crippen LogP contribution is 2.11. The average molecular weight is 370 g/mol. The van der Waals surface area contributed by atoms with Gasteiger partial charge >= 0.3 is 5.97 Å². The van der Waals surface area contributed by atoms with E-state index in [0.29, 0.717) is 5.75 Å². The first-order valence-electron chi connectivity index (χ1n) is 8.43. The van der Waals surface area contributed by atoms with Crippen molar-refractivity contribution in [1.29, 1.82) is 0 Å². The zero-order chi connectivity index (χ0) is 19.6. The van der Waals surface area contributed by atoms with Gasteiger partial charge in [0.25, 0.3) is 0 Å². The fourth-order valence-electron chi connectivity index (χ4n) is 2.47. The van der Waals surface area contributed by atoms with Gasteiger partial charge in [-0.2, -0.15) is 0 Å². The number of carbonyl (C=O) groups is 3. The molecule has 0 saturated heterocycles. The van der Waals surface area contributed by atoms with Crippen LogP contribution in [-0.4, -0.2) is 42.6 Å². The number of carboxylic acid groups (broad SMARTS) is 1. The van der Waals surface area contributed by atoms with Crippen LogP contribution >= 0.6 is 0 Å². The molecule has 7 nitrogen and oxygen atoms in total. The summed E-state index contributed by atoms with van der Waals surface area (Å²) in [4.78, 5) is 35.3. The van der Waals surface area contributed by atoms with Crippen LogP contribution in [-0.2, 0) is 27.2 Å². The van der Waals surface area contributed by atoms with Crippen LogP contribution in [0.15, 0.2) is 54.6 Å². The highest BCUT2D eigenvalue weighted by molar-refractivity contribution is 5.88. The van der Waals surface area contributed by atoms with E-state index in [1.54, 1.807) is 55.6 Å². The maximum absolute atomic E-state index is 12.0. The van der Waals surface area contributed by atoms with Gasteiger partial charge in [-0.1, -0.05) is 42.5 Å². The lowest BCUT2D eigenvalue weighted by molar-refractivity contribution is -0.141. The largest absolute Gasteiger partial charge is 0.497 e. The Labute approximate surface area is 157 Å². The summed E-state index contributed by atoms with van der Waals surface area (Å²) in [6.45, 7) is -0.284. The molecule has 2 aromatic rings. The zero-order valence-electron chi connectivity index (χ0n) is 15.0. The number of carboxylic acids is 1. The Bertz CT molecular complexity index is 775. The molecule has 0 unspecified atom stereocenters. The lowest BCUT2D eigenvalue weighted by Gasteiger charge is -2.15. The molecule has 142 valence electrons. The second kappa shape index (κ2) is 9.96. The summed E-state index contributed by atoms with van der Waals surface area (Å²) in [7, 11) is 1.56. The van der Waals surface area contributed by atoms with Crippen molar-refractivity contribution in [3.63, 3.8) is 0 Å². The van der Waals surface area contributed by atoms with Crippen LogP contribution in [0.1, 0.15) is 11.1 Å². The number of methoxy groups -OCH3 is 1. The van der Waals surface area contributed by atoms with Gasteiger partial charge in [0.2, 0.25) is 11.8 Å². The quantitative estimate of drug-likeness (QED) is 0.615. The molecule has 0 aliphatic heterocycles. The third kappa shape index (κ3) is 6.81. The molecular weight excluding hydrogens is 348 g/mol. The average Bonchev–Trinajstić information content (AvgIpc) is 2.67. The molecule has 3 N–H and O–H groups in total. The van der Waals surface area contributed by atoms with E-state index >= 15 is 0 Å². The number of ether oxygens (including phenoxy) is 1. The first-order chi connectivity index (χ1) is 13.0. The van der Waals surface area contributed by atoms with E-state index in [4.69, 9.17) is 4.74 Å². The van der Waals surface area contributed by atoms with Crippen LogP contribution in [0.5, 0.6) is 5.75 Å². The van der Waals surface area contributed by atoms with E-state index < -0.39 is 17.9 Å². The lowest BCUT2D eigenvalue weighted by atomic mass is 10.1. The summed E-state index contributed by atoms with van der Waals surface area (Å²) in [6.07, 6.45) is 0.283. The first kappa shape index (κ1) is 20.0. The van der Waals surface area contributed by atoms with Gasteiger partial charge in [0, 0.05) is 6.42 Å². The van der Waals surface area contributed by atoms with E-state index in [0.717, 1.165) is 11.1 Å². The molecule has 0 fully saturated rings. The van der Waals surface area contributed by atoms with Crippen molar-refractivity contribution in [2.75, 3.05) is 13.7 Å². The van der Waals surface area contributed by atoms with Gasteiger partial charge in [0.1, 0.15) is 11.8 Å². The lowest BCUT2D eigenvalue weighted by Crippen LogP contribution is -2.46. The molecule has 27 heavy (non-hydrogen) atoms. The minimum absolute atomic E-state index is 0.115. The van der Waals surface area contributed by atoms with E-state index in [2.05, 4.69) is 10.6 Å². The van der Waals surface area contributed by atoms with Crippen LogP contribution in [0.3, 0.4) is 0 Å². The number of hydrogen-bond donors (Lipinski definition) is 3. The standard InChI is InChI=1S/C20H22N2O5/c1-27-16-9-7-15(8-10-16)12-18(23)21-13-19(24)22-17(20(25)26)11-14-5-3-2-4-6-14/h2-10,17H,11-13H2,1H3,(H,21,23)(H,22,24)(H,25,26)/t17-/m1/s1. The van der Waals surface area contributed by atoms with E-state index in [1.807, 2.05) is 6.07 Å². The minimum Gasteiger partial charge on any atom is -0.497 e. The normalized spacial score (nSPS) is 11.3. The third-order valence-corrected chi connectivity index (χ3v) is 3.89. The van der Waals surface area contributed by atoms with Crippen molar-refractivity contribution < 1.29 is 24.2 Å². The van der Waals surface area contributed by atoms with Crippen molar-refractivity contribution in [3.8, 4) is 5.75 Å². The summed E-state index contributed by atoms with van der Waals surface area (Å²) in [5.41, 5.74) is 1.58. The number of nitrogens with one attached hydrogen (secondary N) is 2. The van der Waals surface area contributed by atoms with Gasteiger partial charge in [-0.05, 0) is 23.3 Å². The van der Waals surface area contributed by atoms with Gasteiger partial charge < -0.3 is 20.5 Å². The fourth-order valence-corrected chi connectivity index (χ4v) is 2.47. The first-order valence-corrected chi connectivity index (χ1v) is 8.43. The number of benzene rings is 2. The van der Waals surface area contributed by atoms with E-state index in [1.165, 1.54) is 0 Å². The Kier molecular flexibility index (Phi) is 7.37. The maximum atomic E-state index is 12.0. The minimum atomic E-state index is -1.13. The topological polar surface area (TPSA) is 105 Å². The summed E-state index contributed by atoms with van der Waals surface area (Å²) >= 11 is 0. The molecule has 0 aromatic heterocycles. The third-order valence-electron chi connectivity index (χ3n) is 3.89. The molecule has 2 amide bonds. The van der Waals surface area contributed by atoms with Crippen molar-refractivity contribution in [2.24, 2.45) is 0 Å². The van der Waals surface area contributed by atoms with Crippen molar-refractivity contribution in [1.82, 2.24) is 10.6 Å². The molecule has 2 aromatic carbocycles. The second-order valence-corrected chi connectivity index (χ2v) is 5.95. The summed E-state index contributed by atoms with van der Waals surface area (Å²) in [5.74, 6) is -1.32. The molecule has 0 saturated carbocycles. The number of carbonyl (C=O) groups excluding carboxylic acids is 2. The predicted octanol–water partition coefficient (Wildman–Crippen LogP) is 1.17. The summed E-state index contributed by atoms with van der Waals surface area (Å²) in [6, 6.07) is 15.0. The number of hydrogen-bond acceptors (Lipinski definition) is 4. The Morgan fingerprint density at radius 3 is 2.22 bits per heavy atom. The molecule has 0 spiro atoms. The van der Waals surface area contributed by atoms with Gasteiger partial charge in [0.15, 0.2) is 0 Å². The molecule has 7 heteroatoms. The molecule has 1 atom stereocenters. The molecule has 0 aliphatic rings. The zero-order valence-corrected chi connectivity index (χ0v) is 15.0. The van der Waals surface area contributed by atoms with E-state index in [9.17, 15) is 19.5 Å². The molecule has 0 bridgehead atoms. The van der Waals surface area contributed by atoms with Crippen LogP contribution in [0.2, 0.25) is 0 Å². The van der Waals surface area contributed by atoms with Gasteiger partial charge in [0.05, 0.1) is 20.1 Å². The summed E-state index contributed by atoms with van der Waals surface area (Å²) < 4.78 is 5.05. The molecule has 0 radical (unpaired) electrons. The smallest absolute Gasteiger partial charge is 0.326 e. The predicted molar refractivity (Wildman–Crippen MR) is 99.4 cm³/mol. The van der Waals surface area contributed by atoms with Gasteiger partial charge in [-0.15, -0.1) is 0 Å². The highest BCUT2D eigenvalue weighted by atomic mass is 16.5. The Morgan fingerprint density at radius 1 is 0.963 bits per heavy atom. The van der Waals surface area contributed by atoms with Crippen LogP contribution < -0.4 is 15.4 Å². The van der Waals surface area contributed by atoms with Crippen LogP contribution in [0, 0.1) is 0 Å². The van der Waals surface area contributed by atoms with Crippen LogP contribution in [0.25, 0.3) is 0 Å². The van der Waals surface area contributed by atoms with Gasteiger partial charge in [-0.25, -0.2) is 4.79 Å². The Morgan fingerprint density at radius 2 is 1.63 bits per heavy atom. The molecule has 2 rings (SSSR count). The SMILES string of the molecule is COc1ccc(CC(=O)NCC(=O)N[C@H](Cc2ccccc2)C(=O)O)cc1. The second-order valence-electron chi connectivity index (χ2n) is 5.95. The van der Waals surface area contributed by atoms with Crippen molar-refractivity contribution in [3.05, 3.63) is 65.7 Å². The van der Waals surface area contributed by atoms with Gasteiger partial charge in [-0.3, -0.25) is 9.59 Å². The molecular formula is C20H22N2O5. The molecule has 0 aliphatic carbocycles. The Hall–Kier alpha value is -3.35. The number of rotatable bonds is 9. The molecule has 0 heterocycles. The number of aliphatic carboxylic acids is 1. The fraction of sp³-hybridized carbons (Fsp3) is 0.250. The van der Waals surface area contributed by atoms with E-state index in [-0.39, 0.29) is 25.3 Å². The highest BCUT2D eigenvalue weighted by Gasteiger charge is 2.20.